The van der Waals surface area contributed by atoms with Crippen molar-refractivity contribution in [3.8, 4) is 0 Å². The quantitative estimate of drug-likeness (QED) is 0.288. The van der Waals surface area contributed by atoms with Crippen molar-refractivity contribution < 1.29 is 13.6 Å². The molecule has 0 fully saturated rings. The molecule has 27 heavy (non-hydrogen) atoms. The predicted octanol–water partition coefficient (Wildman–Crippen LogP) is 4.04. The first-order chi connectivity index (χ1) is 12.5. The molecule has 0 atom stereocenters. The summed E-state index contributed by atoms with van der Waals surface area (Å²) in [6, 6.07) is 10.5. The number of anilines is 1. The fraction of sp³-hybridized carbons (Fsp3) is 0.222. The van der Waals surface area contributed by atoms with E-state index in [4.69, 9.17) is 0 Å². The van der Waals surface area contributed by atoms with Crippen LogP contribution in [0.15, 0.2) is 51.9 Å². The average Bonchev–Trinajstić information content (AvgIpc) is 2.62. The van der Waals surface area contributed by atoms with Gasteiger partial charge < -0.3 is 16.0 Å². The van der Waals surface area contributed by atoms with Gasteiger partial charge in [0.2, 0.25) is 5.91 Å². The van der Waals surface area contributed by atoms with E-state index in [1.54, 1.807) is 19.2 Å². The van der Waals surface area contributed by atoms with Crippen LogP contribution in [0.3, 0.4) is 0 Å². The van der Waals surface area contributed by atoms with Gasteiger partial charge in [-0.05, 0) is 42.5 Å². The highest BCUT2D eigenvalue weighted by Crippen LogP contribution is 2.14. The third kappa shape index (κ3) is 8.21. The van der Waals surface area contributed by atoms with Gasteiger partial charge in [-0.1, -0.05) is 15.9 Å². The lowest BCUT2D eigenvalue weighted by molar-refractivity contribution is -0.116. The Morgan fingerprint density at radius 3 is 2.48 bits per heavy atom. The molecule has 1 amide bonds. The summed E-state index contributed by atoms with van der Waals surface area (Å²) >= 11 is 3.33. The van der Waals surface area contributed by atoms with Gasteiger partial charge in [0.25, 0.3) is 0 Å². The Bertz CT molecular complexity index is 787. The molecule has 0 radical (unpaired) electrons. The number of carbonyl (C=O) groups is 1. The lowest BCUT2D eigenvalue weighted by Crippen LogP contribution is -2.38. The van der Waals surface area contributed by atoms with Crippen molar-refractivity contribution in [3.05, 3.63) is 64.1 Å². The Morgan fingerprint density at radius 2 is 1.81 bits per heavy atom. The number of nitrogens with one attached hydrogen (secondary N) is 3. The van der Waals surface area contributed by atoms with Gasteiger partial charge in [0.1, 0.15) is 11.6 Å². The van der Waals surface area contributed by atoms with Crippen molar-refractivity contribution in [3.63, 3.8) is 0 Å². The minimum atomic E-state index is -0.504. The number of guanidine groups is 1. The number of amides is 1. The maximum absolute atomic E-state index is 13.6. The summed E-state index contributed by atoms with van der Waals surface area (Å²) in [4.78, 5) is 15.9. The molecule has 2 aromatic rings. The second-order valence-corrected chi connectivity index (χ2v) is 6.31. The molecule has 0 unspecified atom stereocenters. The summed E-state index contributed by atoms with van der Waals surface area (Å²) < 4.78 is 27.7. The standard InChI is InChI=1S/C18H19BrF2N4O.HI/c1-22-18(24-11-12-10-14(20)4-7-16(12)21)23-9-8-17(26)25-15-5-2-13(19)3-6-15;/h2-7,10H,8-9,11H2,1H3,(H,25,26)(H2,22,23,24);1H. The van der Waals surface area contributed by atoms with Gasteiger partial charge in [0.05, 0.1) is 0 Å². The van der Waals surface area contributed by atoms with Gasteiger partial charge in [-0.2, -0.15) is 0 Å². The molecular formula is C18H20BrF2IN4O. The molecule has 0 aliphatic carbocycles. The summed E-state index contributed by atoms with van der Waals surface area (Å²) in [6.45, 7) is 0.419. The van der Waals surface area contributed by atoms with Crippen LogP contribution in [-0.2, 0) is 11.3 Å². The van der Waals surface area contributed by atoms with Crippen LogP contribution in [0, 0.1) is 11.6 Å². The van der Waals surface area contributed by atoms with Crippen LogP contribution in [0.1, 0.15) is 12.0 Å². The van der Waals surface area contributed by atoms with Crippen molar-refractivity contribution in [2.45, 2.75) is 13.0 Å². The Balaban J connectivity index is 0.00000364. The molecular weight excluding hydrogens is 533 g/mol. The lowest BCUT2D eigenvalue weighted by Gasteiger charge is -2.12. The number of rotatable bonds is 6. The third-order valence-corrected chi connectivity index (χ3v) is 3.98. The van der Waals surface area contributed by atoms with Crippen molar-refractivity contribution in [2.24, 2.45) is 4.99 Å². The topological polar surface area (TPSA) is 65.5 Å². The van der Waals surface area contributed by atoms with Crippen LogP contribution in [0.2, 0.25) is 0 Å². The zero-order valence-corrected chi connectivity index (χ0v) is 18.5. The number of hydrogen-bond donors (Lipinski definition) is 3. The maximum Gasteiger partial charge on any atom is 0.226 e. The minimum absolute atomic E-state index is 0. The van der Waals surface area contributed by atoms with E-state index in [1.165, 1.54) is 0 Å². The first-order valence-electron chi connectivity index (χ1n) is 7.92. The van der Waals surface area contributed by atoms with E-state index in [-0.39, 0.29) is 48.4 Å². The smallest absolute Gasteiger partial charge is 0.226 e. The monoisotopic (exact) mass is 552 g/mol. The molecule has 2 aromatic carbocycles. The van der Waals surface area contributed by atoms with Gasteiger partial charge in [0.15, 0.2) is 5.96 Å². The Kier molecular flexibility index (Phi) is 10.2. The normalized spacial score (nSPS) is 10.7. The number of carbonyl (C=O) groups excluding carboxylic acids is 1. The van der Waals surface area contributed by atoms with Crippen LogP contribution in [0.4, 0.5) is 14.5 Å². The molecule has 0 saturated heterocycles. The van der Waals surface area contributed by atoms with Gasteiger partial charge in [0, 0.05) is 42.3 Å². The molecule has 5 nitrogen and oxygen atoms in total. The summed E-state index contributed by atoms with van der Waals surface area (Å²) in [5.41, 5.74) is 0.906. The molecule has 0 aliphatic heterocycles. The fourth-order valence-electron chi connectivity index (χ4n) is 2.13. The van der Waals surface area contributed by atoms with Crippen molar-refractivity contribution in [1.29, 1.82) is 0 Å². The van der Waals surface area contributed by atoms with Gasteiger partial charge in [-0.25, -0.2) is 8.78 Å². The molecule has 0 aliphatic rings. The van der Waals surface area contributed by atoms with E-state index in [9.17, 15) is 13.6 Å². The number of hydrogen-bond acceptors (Lipinski definition) is 2. The predicted molar refractivity (Wildman–Crippen MR) is 117 cm³/mol. The molecule has 3 N–H and O–H groups in total. The van der Waals surface area contributed by atoms with E-state index in [0.717, 1.165) is 22.7 Å². The Hall–Kier alpha value is -1.75. The second kappa shape index (κ2) is 11.9. The van der Waals surface area contributed by atoms with E-state index in [2.05, 4.69) is 36.9 Å². The Morgan fingerprint density at radius 1 is 1.11 bits per heavy atom. The zero-order chi connectivity index (χ0) is 18.9. The Labute approximate surface area is 182 Å². The molecule has 2 rings (SSSR count). The number of halogens is 4. The summed E-state index contributed by atoms with van der Waals surface area (Å²) in [5.74, 6) is -0.754. The van der Waals surface area contributed by atoms with Crippen LogP contribution in [-0.4, -0.2) is 25.5 Å². The second-order valence-electron chi connectivity index (χ2n) is 5.39. The molecule has 0 heterocycles. The molecule has 0 bridgehead atoms. The molecule has 0 spiro atoms. The van der Waals surface area contributed by atoms with Crippen molar-refractivity contribution >= 4 is 57.5 Å². The molecule has 0 saturated carbocycles. The van der Waals surface area contributed by atoms with Crippen LogP contribution in [0.5, 0.6) is 0 Å². The largest absolute Gasteiger partial charge is 0.356 e. The zero-order valence-electron chi connectivity index (χ0n) is 14.6. The fourth-order valence-corrected chi connectivity index (χ4v) is 2.39. The maximum atomic E-state index is 13.6. The van der Waals surface area contributed by atoms with Gasteiger partial charge >= 0.3 is 0 Å². The van der Waals surface area contributed by atoms with E-state index in [1.807, 2.05) is 12.1 Å². The summed E-state index contributed by atoms with van der Waals surface area (Å²) in [5, 5.41) is 8.61. The average molecular weight is 553 g/mol. The number of benzene rings is 2. The molecule has 0 aromatic heterocycles. The number of aliphatic imine (C=N–C) groups is 1. The lowest BCUT2D eigenvalue weighted by atomic mass is 10.2. The SMILES string of the molecule is CN=C(NCCC(=O)Nc1ccc(Br)cc1)NCc1cc(F)ccc1F.I. The van der Waals surface area contributed by atoms with Crippen LogP contribution < -0.4 is 16.0 Å². The summed E-state index contributed by atoms with van der Waals surface area (Å²) in [6.07, 6.45) is 0.227. The third-order valence-electron chi connectivity index (χ3n) is 3.45. The minimum Gasteiger partial charge on any atom is -0.356 e. The van der Waals surface area contributed by atoms with Gasteiger partial charge in [-0.15, -0.1) is 24.0 Å². The van der Waals surface area contributed by atoms with E-state index < -0.39 is 11.6 Å². The molecule has 146 valence electrons. The van der Waals surface area contributed by atoms with E-state index >= 15 is 0 Å². The highest BCUT2D eigenvalue weighted by molar-refractivity contribution is 14.0. The first-order valence-corrected chi connectivity index (χ1v) is 8.71. The van der Waals surface area contributed by atoms with E-state index in [0.29, 0.717) is 18.2 Å². The van der Waals surface area contributed by atoms with Crippen molar-refractivity contribution in [2.75, 3.05) is 18.9 Å². The van der Waals surface area contributed by atoms with Crippen molar-refractivity contribution in [1.82, 2.24) is 10.6 Å². The highest BCUT2D eigenvalue weighted by Gasteiger charge is 2.06. The summed E-state index contributed by atoms with van der Waals surface area (Å²) in [7, 11) is 1.55. The first kappa shape index (κ1) is 23.3. The highest BCUT2D eigenvalue weighted by atomic mass is 127. The van der Waals surface area contributed by atoms with Gasteiger partial charge in [-0.3, -0.25) is 9.79 Å². The molecule has 9 heteroatoms. The van der Waals surface area contributed by atoms with Crippen LogP contribution >= 0.6 is 39.9 Å². The number of nitrogens with zero attached hydrogens (tertiary/aromatic N) is 1. The van der Waals surface area contributed by atoms with Crippen LogP contribution in [0.25, 0.3) is 0 Å².